The van der Waals surface area contributed by atoms with Gasteiger partial charge in [-0.25, -0.2) is 0 Å². The van der Waals surface area contributed by atoms with Crippen molar-refractivity contribution in [2.24, 2.45) is 0 Å². The fourth-order valence-corrected chi connectivity index (χ4v) is 5.58. The maximum Gasteiger partial charge on any atom is 0.357 e. The molecule has 0 aromatic heterocycles. The molecule has 7 nitrogen and oxygen atoms in total. The molecule has 0 aliphatic rings. The largest absolute Gasteiger partial charge is 0.414 e. The Labute approximate surface area is 264 Å². The molecule has 0 radical (unpaired) electrons. The van der Waals surface area contributed by atoms with Gasteiger partial charge in [0.05, 0.1) is 0 Å². The summed E-state index contributed by atoms with van der Waals surface area (Å²) in [5, 5.41) is 29.9. The fourth-order valence-electron chi connectivity index (χ4n) is 5.58. The Kier molecular flexibility index (Phi) is 27.5. The van der Waals surface area contributed by atoms with Crippen LogP contribution in [0.15, 0.2) is 0 Å². The first kappa shape index (κ1) is 41.8. The minimum atomic E-state index is -3.49. The summed E-state index contributed by atoms with van der Waals surface area (Å²) in [6.45, 7) is 5.95. The van der Waals surface area contributed by atoms with E-state index in [4.69, 9.17) is 9.47 Å². The SMILES string of the molecule is CCCCCCCCCCCCCCCC(=O)OC(CC)(OC(=O)CCCCCCCCCCCCCCC)C(O)(O)O. The third kappa shape index (κ3) is 23.8. The van der Waals surface area contributed by atoms with E-state index in [-0.39, 0.29) is 19.3 Å². The summed E-state index contributed by atoms with van der Waals surface area (Å²) in [6, 6.07) is 0. The summed E-state index contributed by atoms with van der Waals surface area (Å²) in [6.07, 6.45) is 30.6. The minimum Gasteiger partial charge on any atom is -0.414 e. The van der Waals surface area contributed by atoms with Crippen LogP contribution in [0.3, 0.4) is 0 Å². The number of hydrogen-bond acceptors (Lipinski definition) is 7. The van der Waals surface area contributed by atoms with Crippen molar-refractivity contribution in [3.05, 3.63) is 0 Å². The molecule has 0 saturated heterocycles. The Hall–Kier alpha value is -1.18. The van der Waals surface area contributed by atoms with Gasteiger partial charge in [0.2, 0.25) is 0 Å². The predicted molar refractivity (Wildman–Crippen MR) is 175 cm³/mol. The second-order valence-electron chi connectivity index (χ2n) is 12.7. The molecule has 0 amide bonds. The average molecular weight is 615 g/mol. The summed E-state index contributed by atoms with van der Waals surface area (Å²) in [5.74, 6) is -7.46. The molecule has 0 heterocycles. The molecule has 0 aromatic carbocycles. The van der Waals surface area contributed by atoms with Crippen molar-refractivity contribution in [2.45, 2.75) is 219 Å². The first-order chi connectivity index (χ1) is 20.7. The second kappa shape index (κ2) is 28.3. The highest BCUT2D eigenvalue weighted by atomic mass is 16.8. The summed E-state index contributed by atoms with van der Waals surface area (Å²) in [7, 11) is 0. The Bertz CT molecular complexity index is 600. The van der Waals surface area contributed by atoms with Gasteiger partial charge in [0.15, 0.2) is 0 Å². The van der Waals surface area contributed by atoms with E-state index in [1.165, 1.54) is 122 Å². The molecule has 0 fully saturated rings. The smallest absolute Gasteiger partial charge is 0.357 e. The van der Waals surface area contributed by atoms with Crippen LogP contribution in [0.1, 0.15) is 207 Å². The van der Waals surface area contributed by atoms with E-state index in [2.05, 4.69) is 13.8 Å². The van der Waals surface area contributed by atoms with Gasteiger partial charge >= 0.3 is 23.7 Å². The molecule has 0 atom stereocenters. The Morgan fingerprint density at radius 2 is 0.651 bits per heavy atom. The molecular formula is C36H70O7. The van der Waals surface area contributed by atoms with Crippen molar-refractivity contribution in [3.8, 4) is 0 Å². The summed E-state index contributed by atoms with van der Waals surface area (Å²) in [5.41, 5.74) is 0. The lowest BCUT2D eigenvalue weighted by Gasteiger charge is -2.37. The molecule has 0 aliphatic heterocycles. The zero-order valence-electron chi connectivity index (χ0n) is 28.5. The maximum absolute atomic E-state index is 12.5. The molecule has 0 bridgehead atoms. The van der Waals surface area contributed by atoms with Gasteiger partial charge in [-0.1, -0.05) is 175 Å². The van der Waals surface area contributed by atoms with Crippen LogP contribution in [0.5, 0.6) is 0 Å². The van der Waals surface area contributed by atoms with Crippen LogP contribution in [0, 0.1) is 0 Å². The molecule has 0 rings (SSSR count). The molecular weight excluding hydrogens is 544 g/mol. The van der Waals surface area contributed by atoms with Crippen molar-refractivity contribution in [2.75, 3.05) is 0 Å². The zero-order valence-corrected chi connectivity index (χ0v) is 28.5. The van der Waals surface area contributed by atoms with Gasteiger partial charge in [0.25, 0.3) is 0 Å². The van der Waals surface area contributed by atoms with Crippen LogP contribution in [0.25, 0.3) is 0 Å². The first-order valence-corrected chi connectivity index (χ1v) is 18.3. The van der Waals surface area contributed by atoms with E-state index in [1.54, 1.807) is 0 Å². The van der Waals surface area contributed by atoms with Crippen LogP contribution in [0.2, 0.25) is 0 Å². The minimum absolute atomic E-state index is 0.0615. The lowest BCUT2D eigenvalue weighted by Crippen LogP contribution is -2.59. The van der Waals surface area contributed by atoms with E-state index < -0.39 is 23.7 Å². The first-order valence-electron chi connectivity index (χ1n) is 18.3. The topological polar surface area (TPSA) is 113 Å². The predicted octanol–water partition coefficient (Wildman–Crippen LogP) is 9.77. The van der Waals surface area contributed by atoms with Gasteiger partial charge < -0.3 is 24.8 Å². The standard InChI is InChI=1S/C36H70O7/c1-4-7-9-11-13-15-17-19-21-23-25-27-29-31-33(37)42-35(6-3,36(39,40)41)43-34(38)32-30-28-26-24-22-20-18-16-14-12-10-8-5-2/h39-41H,4-32H2,1-3H3. The van der Waals surface area contributed by atoms with Crippen molar-refractivity contribution >= 4 is 11.9 Å². The number of carbonyl (C=O) groups excluding carboxylic acids is 2. The molecule has 0 unspecified atom stereocenters. The van der Waals surface area contributed by atoms with Gasteiger partial charge in [-0.3, -0.25) is 9.59 Å². The van der Waals surface area contributed by atoms with Crippen LogP contribution >= 0.6 is 0 Å². The van der Waals surface area contributed by atoms with Crippen LogP contribution in [-0.4, -0.2) is 39.0 Å². The number of hydrogen-bond donors (Lipinski definition) is 3. The summed E-state index contributed by atoms with van der Waals surface area (Å²) < 4.78 is 10.4. The highest BCUT2D eigenvalue weighted by Crippen LogP contribution is 2.30. The van der Waals surface area contributed by atoms with E-state index in [0.717, 1.165) is 38.5 Å². The summed E-state index contributed by atoms with van der Waals surface area (Å²) in [4.78, 5) is 25.0. The number of aliphatic hydroxyl groups is 3. The summed E-state index contributed by atoms with van der Waals surface area (Å²) >= 11 is 0. The third-order valence-corrected chi connectivity index (χ3v) is 8.50. The van der Waals surface area contributed by atoms with Crippen molar-refractivity contribution < 1.29 is 34.4 Å². The quantitative estimate of drug-likeness (QED) is 0.0392. The number of unbranched alkanes of at least 4 members (excludes halogenated alkanes) is 24. The molecule has 0 spiro atoms. The monoisotopic (exact) mass is 615 g/mol. The van der Waals surface area contributed by atoms with Crippen molar-refractivity contribution in [1.82, 2.24) is 0 Å². The lowest BCUT2D eigenvalue weighted by molar-refractivity contribution is -0.445. The Morgan fingerprint density at radius 3 is 0.860 bits per heavy atom. The lowest BCUT2D eigenvalue weighted by atomic mass is 10.0. The van der Waals surface area contributed by atoms with Gasteiger partial charge in [0, 0.05) is 19.3 Å². The highest BCUT2D eigenvalue weighted by Gasteiger charge is 2.55. The van der Waals surface area contributed by atoms with Crippen LogP contribution in [-0.2, 0) is 19.1 Å². The van der Waals surface area contributed by atoms with Gasteiger partial charge in [0.1, 0.15) is 0 Å². The highest BCUT2D eigenvalue weighted by molar-refractivity contribution is 5.72. The molecule has 43 heavy (non-hydrogen) atoms. The van der Waals surface area contributed by atoms with Crippen molar-refractivity contribution in [1.29, 1.82) is 0 Å². The van der Waals surface area contributed by atoms with Gasteiger partial charge in [-0.15, -0.1) is 0 Å². The average Bonchev–Trinajstić information content (AvgIpc) is 2.96. The van der Waals surface area contributed by atoms with Crippen LogP contribution < -0.4 is 0 Å². The zero-order chi connectivity index (χ0) is 32.1. The van der Waals surface area contributed by atoms with Crippen molar-refractivity contribution in [3.63, 3.8) is 0 Å². The third-order valence-electron chi connectivity index (χ3n) is 8.50. The van der Waals surface area contributed by atoms with E-state index >= 15 is 0 Å². The van der Waals surface area contributed by atoms with E-state index in [0.29, 0.717) is 12.8 Å². The van der Waals surface area contributed by atoms with Gasteiger partial charge in [-0.05, 0) is 12.8 Å². The molecule has 3 N–H and O–H groups in total. The molecule has 0 saturated carbocycles. The number of esters is 2. The number of ether oxygens (including phenoxy) is 2. The Morgan fingerprint density at radius 1 is 0.419 bits per heavy atom. The number of carbonyl (C=O) groups is 2. The molecule has 0 aromatic rings. The second-order valence-corrected chi connectivity index (χ2v) is 12.7. The molecule has 7 heteroatoms. The van der Waals surface area contributed by atoms with E-state index in [9.17, 15) is 24.9 Å². The normalized spacial score (nSPS) is 12.0. The van der Waals surface area contributed by atoms with E-state index in [1.807, 2.05) is 0 Å². The van der Waals surface area contributed by atoms with Gasteiger partial charge in [-0.2, -0.15) is 0 Å². The fraction of sp³-hybridized carbons (Fsp3) is 0.944. The number of rotatable bonds is 32. The Balaban J connectivity index is 4.10. The van der Waals surface area contributed by atoms with Crippen LogP contribution in [0.4, 0.5) is 0 Å². The maximum atomic E-state index is 12.5. The molecule has 256 valence electrons. The molecule has 0 aliphatic carbocycles.